The Morgan fingerprint density at radius 2 is 1.76 bits per heavy atom. The van der Waals surface area contributed by atoms with Gasteiger partial charge in [-0.25, -0.2) is 9.97 Å². The number of pyridine rings is 1. The number of para-hydroxylation sites is 1. The number of benzene rings is 1. The van der Waals surface area contributed by atoms with Gasteiger partial charge in [0.2, 0.25) is 0 Å². The molecule has 0 radical (unpaired) electrons. The van der Waals surface area contributed by atoms with Crippen LogP contribution in [0.15, 0.2) is 30.3 Å². The summed E-state index contributed by atoms with van der Waals surface area (Å²) in [6.07, 6.45) is 0. The van der Waals surface area contributed by atoms with E-state index in [0.717, 1.165) is 27.8 Å². The van der Waals surface area contributed by atoms with Gasteiger partial charge in [-0.2, -0.15) is 0 Å². The highest BCUT2D eigenvalue weighted by atomic mass is 35.5. The van der Waals surface area contributed by atoms with Crippen molar-refractivity contribution in [1.29, 1.82) is 0 Å². The topological polar surface area (TPSA) is 50.7 Å². The average molecular weight is 299 g/mol. The Hall–Kier alpha value is -2.20. The predicted molar refractivity (Wildman–Crippen MR) is 86.3 cm³/mol. The maximum Gasteiger partial charge on any atom is 0.138 e. The van der Waals surface area contributed by atoms with Crippen molar-refractivity contribution in [1.82, 2.24) is 15.0 Å². The first kappa shape index (κ1) is 13.8. The fourth-order valence-corrected chi connectivity index (χ4v) is 2.40. The number of halogens is 1. The molecule has 0 amide bonds. The van der Waals surface area contributed by atoms with Crippen molar-refractivity contribution in [2.75, 3.05) is 5.32 Å². The van der Waals surface area contributed by atoms with Crippen molar-refractivity contribution >= 4 is 34.0 Å². The summed E-state index contributed by atoms with van der Waals surface area (Å²) in [5, 5.41) is 4.88. The molecule has 3 aromatic rings. The van der Waals surface area contributed by atoms with Crippen LogP contribution in [0.5, 0.6) is 0 Å². The summed E-state index contributed by atoms with van der Waals surface area (Å²) in [7, 11) is 0. The molecular formula is C16H15ClN4. The van der Waals surface area contributed by atoms with E-state index in [1.54, 1.807) is 0 Å². The van der Waals surface area contributed by atoms with Gasteiger partial charge in [-0.1, -0.05) is 29.8 Å². The van der Waals surface area contributed by atoms with E-state index in [9.17, 15) is 0 Å². The maximum absolute atomic E-state index is 6.12. The fourth-order valence-electron chi connectivity index (χ4n) is 2.19. The summed E-state index contributed by atoms with van der Waals surface area (Å²) in [5.74, 6) is 1.35. The van der Waals surface area contributed by atoms with Crippen LogP contribution in [0.4, 0.5) is 11.5 Å². The molecule has 2 heterocycles. The number of rotatable bonds is 2. The monoisotopic (exact) mass is 298 g/mol. The SMILES string of the molecule is Cc1ccc2cccc(Nc3nc(C)nc(Cl)c3C)c2n1. The van der Waals surface area contributed by atoms with E-state index >= 15 is 0 Å². The highest BCUT2D eigenvalue weighted by Crippen LogP contribution is 2.27. The lowest BCUT2D eigenvalue weighted by molar-refractivity contribution is 1.04. The van der Waals surface area contributed by atoms with Crippen LogP contribution in [0, 0.1) is 20.8 Å². The van der Waals surface area contributed by atoms with Crippen molar-refractivity contribution in [3.63, 3.8) is 0 Å². The van der Waals surface area contributed by atoms with E-state index in [1.165, 1.54) is 0 Å². The van der Waals surface area contributed by atoms with Crippen LogP contribution >= 0.6 is 11.6 Å². The van der Waals surface area contributed by atoms with Crippen LogP contribution in [0.1, 0.15) is 17.1 Å². The number of aromatic nitrogens is 3. The minimum atomic E-state index is 0.467. The van der Waals surface area contributed by atoms with Crippen molar-refractivity contribution < 1.29 is 0 Å². The van der Waals surface area contributed by atoms with Gasteiger partial charge < -0.3 is 5.32 Å². The lowest BCUT2D eigenvalue weighted by Gasteiger charge is -2.12. The summed E-state index contributed by atoms with van der Waals surface area (Å²) in [6, 6.07) is 10.1. The molecule has 0 aliphatic rings. The minimum Gasteiger partial charge on any atom is -0.338 e. The Labute approximate surface area is 128 Å². The van der Waals surface area contributed by atoms with E-state index in [2.05, 4.69) is 26.3 Å². The predicted octanol–water partition coefficient (Wildman–Crippen LogP) is 4.35. The lowest BCUT2D eigenvalue weighted by atomic mass is 10.1. The van der Waals surface area contributed by atoms with Gasteiger partial charge in [0, 0.05) is 16.6 Å². The molecule has 0 bridgehead atoms. The number of anilines is 2. The highest BCUT2D eigenvalue weighted by molar-refractivity contribution is 6.30. The van der Waals surface area contributed by atoms with Crippen LogP contribution in [0.2, 0.25) is 5.15 Å². The van der Waals surface area contributed by atoms with E-state index in [0.29, 0.717) is 16.8 Å². The molecule has 0 saturated heterocycles. The number of fused-ring (bicyclic) bond motifs is 1. The van der Waals surface area contributed by atoms with Gasteiger partial charge in [-0.15, -0.1) is 0 Å². The van der Waals surface area contributed by atoms with Crippen molar-refractivity contribution in [3.05, 3.63) is 52.6 Å². The van der Waals surface area contributed by atoms with Gasteiger partial charge in [0.05, 0.1) is 11.2 Å². The lowest BCUT2D eigenvalue weighted by Crippen LogP contribution is -2.02. The summed E-state index contributed by atoms with van der Waals surface area (Å²) >= 11 is 6.12. The third kappa shape index (κ3) is 2.67. The zero-order valence-corrected chi connectivity index (χ0v) is 12.9. The van der Waals surface area contributed by atoms with Gasteiger partial charge in [-0.3, -0.25) is 4.98 Å². The number of hydrogen-bond donors (Lipinski definition) is 1. The molecule has 5 heteroatoms. The average Bonchev–Trinajstić information content (AvgIpc) is 2.45. The maximum atomic E-state index is 6.12. The molecule has 2 aromatic heterocycles. The van der Waals surface area contributed by atoms with Crippen molar-refractivity contribution in [2.24, 2.45) is 0 Å². The van der Waals surface area contributed by atoms with Gasteiger partial charge in [0.15, 0.2) is 0 Å². The summed E-state index contributed by atoms with van der Waals surface area (Å²) in [6.45, 7) is 5.70. The van der Waals surface area contributed by atoms with Gasteiger partial charge in [0.1, 0.15) is 16.8 Å². The Morgan fingerprint density at radius 1 is 0.952 bits per heavy atom. The molecule has 0 spiro atoms. The van der Waals surface area contributed by atoms with E-state index in [-0.39, 0.29) is 0 Å². The van der Waals surface area contributed by atoms with Gasteiger partial charge in [-0.05, 0) is 32.9 Å². The molecule has 4 nitrogen and oxygen atoms in total. The molecule has 0 aliphatic carbocycles. The number of hydrogen-bond acceptors (Lipinski definition) is 4. The van der Waals surface area contributed by atoms with Gasteiger partial charge in [0.25, 0.3) is 0 Å². The molecule has 21 heavy (non-hydrogen) atoms. The first-order valence-electron chi connectivity index (χ1n) is 6.69. The Bertz CT molecular complexity index is 830. The molecule has 3 rings (SSSR count). The number of nitrogens with zero attached hydrogens (tertiary/aromatic N) is 3. The second-order valence-electron chi connectivity index (χ2n) is 4.99. The van der Waals surface area contributed by atoms with E-state index < -0.39 is 0 Å². The summed E-state index contributed by atoms with van der Waals surface area (Å²) < 4.78 is 0. The molecule has 0 saturated carbocycles. The molecular weight excluding hydrogens is 284 g/mol. The standard InChI is InChI=1S/C16H15ClN4/c1-9-7-8-12-5-4-6-13(14(12)18-9)21-16-10(2)15(17)19-11(3)20-16/h4-8H,1-3H3,(H,19,20,21). The second-order valence-corrected chi connectivity index (χ2v) is 5.35. The second kappa shape index (κ2) is 5.30. The largest absolute Gasteiger partial charge is 0.338 e. The number of aryl methyl sites for hydroxylation is 2. The highest BCUT2D eigenvalue weighted by Gasteiger charge is 2.10. The van der Waals surface area contributed by atoms with Crippen LogP contribution in [-0.4, -0.2) is 15.0 Å². The normalized spacial score (nSPS) is 10.9. The molecule has 0 aliphatic heterocycles. The molecule has 106 valence electrons. The van der Waals surface area contributed by atoms with Crippen LogP contribution in [0.25, 0.3) is 10.9 Å². The van der Waals surface area contributed by atoms with E-state index in [1.807, 2.05) is 45.0 Å². The molecule has 1 aromatic carbocycles. The summed E-state index contributed by atoms with van der Waals surface area (Å²) in [4.78, 5) is 13.2. The summed E-state index contributed by atoms with van der Waals surface area (Å²) in [5.41, 5.74) is 3.63. The molecule has 1 N–H and O–H groups in total. The van der Waals surface area contributed by atoms with Crippen LogP contribution < -0.4 is 5.32 Å². The van der Waals surface area contributed by atoms with Crippen molar-refractivity contribution in [2.45, 2.75) is 20.8 Å². The third-order valence-electron chi connectivity index (χ3n) is 3.31. The van der Waals surface area contributed by atoms with E-state index in [4.69, 9.17) is 11.6 Å². The third-order valence-corrected chi connectivity index (χ3v) is 3.68. The zero-order chi connectivity index (χ0) is 15.0. The molecule has 0 atom stereocenters. The van der Waals surface area contributed by atoms with Gasteiger partial charge >= 0.3 is 0 Å². The Balaban J connectivity index is 2.12. The zero-order valence-electron chi connectivity index (χ0n) is 12.1. The smallest absolute Gasteiger partial charge is 0.138 e. The Kier molecular flexibility index (Phi) is 3.47. The Morgan fingerprint density at radius 3 is 2.57 bits per heavy atom. The van der Waals surface area contributed by atoms with Crippen molar-refractivity contribution in [3.8, 4) is 0 Å². The fraction of sp³-hybridized carbons (Fsp3) is 0.188. The molecule has 0 fully saturated rings. The first-order chi connectivity index (χ1) is 10.0. The first-order valence-corrected chi connectivity index (χ1v) is 7.06. The minimum absolute atomic E-state index is 0.467. The van der Waals surface area contributed by atoms with Crippen LogP contribution in [0.3, 0.4) is 0 Å². The quantitative estimate of drug-likeness (QED) is 0.715. The van der Waals surface area contributed by atoms with Crippen LogP contribution in [-0.2, 0) is 0 Å². The number of nitrogens with one attached hydrogen (secondary N) is 1. The molecule has 0 unspecified atom stereocenters.